The minimum Gasteiger partial charge on any atom is -0.480 e. The summed E-state index contributed by atoms with van der Waals surface area (Å²) in [6.45, 7) is 3.43. The van der Waals surface area contributed by atoms with Crippen LogP contribution in [0.2, 0.25) is 5.02 Å². The van der Waals surface area contributed by atoms with Gasteiger partial charge in [-0.1, -0.05) is 25.4 Å². The molecule has 0 fully saturated rings. The van der Waals surface area contributed by atoms with Crippen LogP contribution in [0.25, 0.3) is 0 Å². The highest BCUT2D eigenvalue weighted by Gasteiger charge is 2.24. The molecule has 0 aliphatic carbocycles. The maximum atomic E-state index is 11.7. The van der Waals surface area contributed by atoms with Gasteiger partial charge in [-0.05, 0) is 18.1 Å². The molecule has 0 aliphatic heterocycles. The maximum absolute atomic E-state index is 11.7. The van der Waals surface area contributed by atoms with Crippen molar-refractivity contribution in [3.05, 3.63) is 29.0 Å². The fourth-order valence-corrected chi connectivity index (χ4v) is 1.35. The first-order chi connectivity index (χ1) is 7.91. The lowest BCUT2D eigenvalue weighted by molar-refractivity contribution is -0.140. The van der Waals surface area contributed by atoms with Gasteiger partial charge < -0.3 is 10.4 Å². The highest BCUT2D eigenvalue weighted by Crippen LogP contribution is 2.07. The number of carboxylic acids is 1. The Morgan fingerprint density at radius 2 is 2.06 bits per heavy atom. The summed E-state index contributed by atoms with van der Waals surface area (Å²) in [4.78, 5) is 26.4. The van der Waals surface area contributed by atoms with Gasteiger partial charge in [-0.2, -0.15) is 0 Å². The number of carboxylic acid groups (broad SMARTS) is 1. The molecule has 92 valence electrons. The average Bonchev–Trinajstić information content (AvgIpc) is 2.25. The first-order valence-electron chi connectivity index (χ1n) is 5.07. The molecule has 0 bridgehead atoms. The molecule has 2 N–H and O–H groups in total. The number of nitrogens with zero attached hydrogens (tertiary/aromatic N) is 1. The Labute approximate surface area is 104 Å². The number of nitrogens with one attached hydrogen (secondary N) is 1. The standard InChI is InChI=1S/C11H13ClN2O3/c1-6(2)9(11(16)17)14-10(15)8-4-3-7(12)5-13-8/h3-6,9H,1-2H3,(H,14,15)(H,16,17)/t9-/m0/s1. The molecule has 0 radical (unpaired) electrons. The highest BCUT2D eigenvalue weighted by molar-refractivity contribution is 6.30. The fraction of sp³-hybridized carbons (Fsp3) is 0.364. The van der Waals surface area contributed by atoms with Crippen molar-refractivity contribution in [2.75, 3.05) is 0 Å². The lowest BCUT2D eigenvalue weighted by Gasteiger charge is -2.17. The molecule has 1 amide bonds. The van der Waals surface area contributed by atoms with Gasteiger partial charge in [-0.15, -0.1) is 0 Å². The lowest BCUT2D eigenvalue weighted by Crippen LogP contribution is -2.44. The van der Waals surface area contributed by atoms with Gasteiger partial charge in [0.05, 0.1) is 5.02 Å². The Kier molecular flexibility index (Phi) is 4.45. The second kappa shape index (κ2) is 5.63. The van der Waals surface area contributed by atoms with Crippen molar-refractivity contribution in [2.24, 2.45) is 5.92 Å². The van der Waals surface area contributed by atoms with E-state index in [-0.39, 0.29) is 11.6 Å². The number of carbonyl (C=O) groups is 2. The number of aliphatic carboxylic acids is 1. The monoisotopic (exact) mass is 256 g/mol. The molecule has 0 spiro atoms. The number of amides is 1. The van der Waals surface area contributed by atoms with E-state index in [1.807, 2.05) is 0 Å². The average molecular weight is 257 g/mol. The third-order valence-corrected chi connectivity index (χ3v) is 2.40. The van der Waals surface area contributed by atoms with Crippen molar-refractivity contribution in [2.45, 2.75) is 19.9 Å². The second-order valence-corrected chi connectivity index (χ2v) is 4.33. The first-order valence-corrected chi connectivity index (χ1v) is 5.45. The van der Waals surface area contributed by atoms with E-state index in [0.717, 1.165) is 0 Å². The molecule has 0 saturated carbocycles. The molecule has 17 heavy (non-hydrogen) atoms. The molecular formula is C11H13ClN2O3. The summed E-state index contributed by atoms with van der Waals surface area (Å²) in [5, 5.41) is 11.8. The summed E-state index contributed by atoms with van der Waals surface area (Å²) in [7, 11) is 0. The van der Waals surface area contributed by atoms with E-state index in [1.54, 1.807) is 13.8 Å². The summed E-state index contributed by atoms with van der Waals surface area (Å²) in [6, 6.07) is 2.03. The van der Waals surface area contributed by atoms with Gasteiger partial charge in [0.1, 0.15) is 11.7 Å². The van der Waals surface area contributed by atoms with Crippen molar-refractivity contribution in [3.8, 4) is 0 Å². The number of rotatable bonds is 4. The zero-order chi connectivity index (χ0) is 13.0. The second-order valence-electron chi connectivity index (χ2n) is 3.90. The van der Waals surface area contributed by atoms with Crippen LogP contribution in [0, 0.1) is 5.92 Å². The normalized spacial score (nSPS) is 12.2. The number of pyridine rings is 1. The Bertz CT molecular complexity index is 417. The third-order valence-electron chi connectivity index (χ3n) is 2.18. The van der Waals surface area contributed by atoms with E-state index < -0.39 is 17.9 Å². The SMILES string of the molecule is CC(C)[C@H](NC(=O)c1ccc(Cl)cn1)C(=O)O. The van der Waals surface area contributed by atoms with Crippen LogP contribution < -0.4 is 5.32 Å². The molecule has 0 aromatic carbocycles. The maximum Gasteiger partial charge on any atom is 0.326 e. The van der Waals surface area contributed by atoms with Gasteiger partial charge >= 0.3 is 5.97 Å². The van der Waals surface area contributed by atoms with Crippen molar-refractivity contribution < 1.29 is 14.7 Å². The molecule has 1 aromatic heterocycles. The molecule has 1 atom stereocenters. The van der Waals surface area contributed by atoms with Crippen LogP contribution in [0.1, 0.15) is 24.3 Å². The quantitative estimate of drug-likeness (QED) is 0.857. The van der Waals surface area contributed by atoms with Crippen molar-refractivity contribution in [3.63, 3.8) is 0 Å². The van der Waals surface area contributed by atoms with Gasteiger partial charge in [-0.25, -0.2) is 9.78 Å². The molecule has 1 rings (SSSR count). The molecule has 1 heterocycles. The number of hydrogen-bond acceptors (Lipinski definition) is 3. The first kappa shape index (κ1) is 13.4. The van der Waals surface area contributed by atoms with E-state index in [0.29, 0.717) is 5.02 Å². The number of halogens is 1. The Hall–Kier alpha value is -1.62. The topological polar surface area (TPSA) is 79.3 Å². The smallest absolute Gasteiger partial charge is 0.326 e. The van der Waals surface area contributed by atoms with E-state index in [4.69, 9.17) is 16.7 Å². The van der Waals surface area contributed by atoms with Gasteiger partial charge in [0.2, 0.25) is 0 Å². The van der Waals surface area contributed by atoms with Crippen LogP contribution in [0.15, 0.2) is 18.3 Å². The lowest BCUT2D eigenvalue weighted by atomic mass is 10.0. The van der Waals surface area contributed by atoms with Gasteiger partial charge in [0.15, 0.2) is 0 Å². The predicted octanol–water partition coefficient (Wildman–Crippen LogP) is 1.57. The third kappa shape index (κ3) is 3.71. The molecule has 0 unspecified atom stereocenters. The molecule has 0 aliphatic rings. The van der Waals surface area contributed by atoms with E-state index in [9.17, 15) is 9.59 Å². The minimum absolute atomic E-state index is 0.140. The van der Waals surface area contributed by atoms with Crippen molar-refractivity contribution in [1.82, 2.24) is 10.3 Å². The van der Waals surface area contributed by atoms with E-state index >= 15 is 0 Å². The zero-order valence-corrected chi connectivity index (χ0v) is 10.2. The largest absolute Gasteiger partial charge is 0.480 e. The molecular weight excluding hydrogens is 244 g/mol. The van der Waals surface area contributed by atoms with Crippen molar-refractivity contribution >= 4 is 23.5 Å². The summed E-state index contributed by atoms with van der Waals surface area (Å²) in [5.74, 6) is -1.80. The van der Waals surface area contributed by atoms with Crippen LogP contribution >= 0.6 is 11.6 Å². The van der Waals surface area contributed by atoms with Gasteiger partial charge in [0.25, 0.3) is 5.91 Å². The fourth-order valence-electron chi connectivity index (χ4n) is 1.24. The molecule has 0 saturated heterocycles. The van der Waals surface area contributed by atoms with Crippen LogP contribution in [0.4, 0.5) is 0 Å². The number of aromatic nitrogens is 1. The minimum atomic E-state index is -1.07. The molecule has 5 nitrogen and oxygen atoms in total. The molecule has 6 heteroatoms. The van der Waals surface area contributed by atoms with E-state index in [1.165, 1.54) is 18.3 Å². The van der Waals surface area contributed by atoms with Gasteiger partial charge in [-0.3, -0.25) is 4.79 Å². The molecule has 1 aromatic rings. The summed E-state index contributed by atoms with van der Waals surface area (Å²) < 4.78 is 0. The van der Waals surface area contributed by atoms with Crippen LogP contribution in [-0.4, -0.2) is 28.0 Å². The number of carbonyl (C=O) groups excluding carboxylic acids is 1. The van der Waals surface area contributed by atoms with Crippen LogP contribution in [0.3, 0.4) is 0 Å². The Morgan fingerprint density at radius 1 is 1.41 bits per heavy atom. The summed E-state index contributed by atoms with van der Waals surface area (Å²) in [5.41, 5.74) is 0.140. The highest BCUT2D eigenvalue weighted by atomic mass is 35.5. The van der Waals surface area contributed by atoms with E-state index in [2.05, 4.69) is 10.3 Å². The Balaban J connectivity index is 2.77. The number of hydrogen-bond donors (Lipinski definition) is 2. The van der Waals surface area contributed by atoms with Crippen LogP contribution in [0.5, 0.6) is 0 Å². The zero-order valence-electron chi connectivity index (χ0n) is 9.48. The van der Waals surface area contributed by atoms with Gasteiger partial charge in [0, 0.05) is 6.20 Å². The van der Waals surface area contributed by atoms with Crippen molar-refractivity contribution in [1.29, 1.82) is 0 Å². The van der Waals surface area contributed by atoms with Crippen LogP contribution in [-0.2, 0) is 4.79 Å². The Morgan fingerprint density at radius 3 is 2.47 bits per heavy atom. The summed E-state index contributed by atoms with van der Waals surface area (Å²) >= 11 is 5.63. The predicted molar refractivity (Wildman–Crippen MR) is 63.0 cm³/mol. The summed E-state index contributed by atoms with van der Waals surface area (Å²) in [6.07, 6.45) is 1.33.